The van der Waals surface area contributed by atoms with Crippen molar-refractivity contribution in [3.63, 3.8) is 0 Å². The van der Waals surface area contributed by atoms with Crippen molar-refractivity contribution < 1.29 is 13.9 Å². The van der Waals surface area contributed by atoms with E-state index in [1.165, 1.54) is 18.2 Å². The molecule has 0 aliphatic heterocycles. The molecule has 1 N–H and O–H groups in total. The van der Waals surface area contributed by atoms with Crippen molar-refractivity contribution in [1.82, 2.24) is 14.9 Å². The minimum atomic E-state index is -0.633. The first-order valence-corrected chi connectivity index (χ1v) is 8.79. The standard InChI is InChI=1S/C19H16Cl2FN3O2/c1-25-8-7-23-19(25)18(12-3-2-4-14(22)9-12)24-17(26)11-27-16-10-13(20)5-6-15(16)21/h2-10,18H,11H2,1H3,(H,24,26)/t18-/m1/s1. The Labute approximate surface area is 165 Å². The number of imidazole rings is 1. The summed E-state index contributed by atoms with van der Waals surface area (Å²) >= 11 is 11.9. The van der Waals surface area contributed by atoms with Crippen LogP contribution in [0.15, 0.2) is 54.9 Å². The van der Waals surface area contributed by atoms with Crippen molar-refractivity contribution in [1.29, 1.82) is 0 Å². The van der Waals surface area contributed by atoms with Crippen LogP contribution in [0.2, 0.25) is 10.0 Å². The van der Waals surface area contributed by atoms with Crippen LogP contribution in [0.1, 0.15) is 17.4 Å². The minimum Gasteiger partial charge on any atom is -0.482 e. The zero-order chi connectivity index (χ0) is 19.4. The van der Waals surface area contributed by atoms with Gasteiger partial charge in [-0.2, -0.15) is 0 Å². The second-order valence-electron chi connectivity index (χ2n) is 5.82. The van der Waals surface area contributed by atoms with Gasteiger partial charge in [-0.1, -0.05) is 35.3 Å². The summed E-state index contributed by atoms with van der Waals surface area (Å²) in [5, 5.41) is 3.61. The third-order valence-electron chi connectivity index (χ3n) is 3.86. The predicted molar refractivity (Wildman–Crippen MR) is 102 cm³/mol. The number of aryl methyl sites for hydroxylation is 1. The fourth-order valence-corrected chi connectivity index (χ4v) is 2.91. The maximum absolute atomic E-state index is 13.7. The molecule has 0 saturated heterocycles. The van der Waals surface area contributed by atoms with Crippen molar-refractivity contribution in [2.24, 2.45) is 7.05 Å². The molecule has 2 aromatic carbocycles. The van der Waals surface area contributed by atoms with E-state index in [4.69, 9.17) is 27.9 Å². The molecule has 27 heavy (non-hydrogen) atoms. The molecule has 1 atom stereocenters. The van der Waals surface area contributed by atoms with Gasteiger partial charge < -0.3 is 14.6 Å². The summed E-state index contributed by atoms with van der Waals surface area (Å²) in [5.74, 6) is 0.0552. The van der Waals surface area contributed by atoms with Crippen LogP contribution < -0.4 is 10.1 Å². The second-order valence-corrected chi connectivity index (χ2v) is 6.66. The van der Waals surface area contributed by atoms with Gasteiger partial charge in [0.25, 0.3) is 5.91 Å². The lowest BCUT2D eigenvalue weighted by Gasteiger charge is -2.19. The summed E-state index contributed by atoms with van der Waals surface area (Å²) in [6.07, 6.45) is 3.35. The Morgan fingerprint density at radius 1 is 1.30 bits per heavy atom. The predicted octanol–water partition coefficient (Wildman–Crippen LogP) is 4.15. The highest BCUT2D eigenvalue weighted by Gasteiger charge is 2.21. The summed E-state index contributed by atoms with van der Waals surface area (Å²) < 4.78 is 20.9. The Hall–Kier alpha value is -2.57. The van der Waals surface area contributed by atoms with Gasteiger partial charge in [0.1, 0.15) is 23.4 Å². The Morgan fingerprint density at radius 3 is 2.81 bits per heavy atom. The third kappa shape index (κ3) is 4.78. The van der Waals surface area contributed by atoms with E-state index >= 15 is 0 Å². The summed E-state index contributed by atoms with van der Waals surface area (Å²) in [5.41, 5.74) is 0.568. The minimum absolute atomic E-state index is 0.281. The summed E-state index contributed by atoms with van der Waals surface area (Å²) in [4.78, 5) is 16.7. The zero-order valence-corrected chi connectivity index (χ0v) is 15.8. The van der Waals surface area contributed by atoms with E-state index in [0.29, 0.717) is 27.2 Å². The van der Waals surface area contributed by atoms with Crippen LogP contribution in [0.25, 0.3) is 0 Å². The van der Waals surface area contributed by atoms with Crippen LogP contribution in [0.5, 0.6) is 5.75 Å². The molecule has 140 valence electrons. The average Bonchev–Trinajstić information content (AvgIpc) is 3.06. The fourth-order valence-electron chi connectivity index (χ4n) is 2.57. The Morgan fingerprint density at radius 2 is 2.11 bits per heavy atom. The quantitative estimate of drug-likeness (QED) is 0.667. The molecule has 0 unspecified atom stereocenters. The molecule has 0 aliphatic rings. The van der Waals surface area contributed by atoms with Crippen molar-refractivity contribution in [2.45, 2.75) is 6.04 Å². The molecule has 0 aliphatic carbocycles. The van der Waals surface area contributed by atoms with Crippen LogP contribution >= 0.6 is 23.2 Å². The smallest absolute Gasteiger partial charge is 0.258 e. The summed E-state index contributed by atoms with van der Waals surface area (Å²) in [6.45, 7) is -0.281. The Balaban J connectivity index is 1.77. The molecular weight excluding hydrogens is 392 g/mol. The maximum atomic E-state index is 13.7. The van der Waals surface area contributed by atoms with E-state index in [1.807, 2.05) is 0 Å². The van der Waals surface area contributed by atoms with Crippen LogP contribution in [0.4, 0.5) is 4.39 Å². The fraction of sp³-hybridized carbons (Fsp3) is 0.158. The second kappa shape index (κ2) is 8.41. The van der Waals surface area contributed by atoms with Crippen LogP contribution in [-0.4, -0.2) is 22.1 Å². The zero-order valence-electron chi connectivity index (χ0n) is 14.3. The van der Waals surface area contributed by atoms with Gasteiger partial charge in [0.05, 0.1) is 5.02 Å². The molecule has 5 nitrogen and oxygen atoms in total. The molecule has 1 heterocycles. The molecule has 0 bridgehead atoms. The van der Waals surface area contributed by atoms with Gasteiger partial charge in [0.2, 0.25) is 0 Å². The van der Waals surface area contributed by atoms with E-state index in [2.05, 4.69) is 10.3 Å². The lowest BCUT2D eigenvalue weighted by Crippen LogP contribution is -2.34. The number of nitrogens with zero attached hydrogens (tertiary/aromatic N) is 2. The van der Waals surface area contributed by atoms with E-state index in [0.717, 1.165) is 0 Å². The van der Waals surface area contributed by atoms with E-state index in [9.17, 15) is 9.18 Å². The molecule has 0 fully saturated rings. The van der Waals surface area contributed by atoms with Crippen molar-refractivity contribution >= 4 is 29.1 Å². The maximum Gasteiger partial charge on any atom is 0.258 e. The number of halogens is 3. The molecule has 1 aromatic heterocycles. The number of benzene rings is 2. The number of carbonyl (C=O) groups is 1. The first-order chi connectivity index (χ1) is 12.9. The van der Waals surface area contributed by atoms with Crippen LogP contribution in [0, 0.1) is 5.82 Å². The van der Waals surface area contributed by atoms with Gasteiger partial charge >= 0.3 is 0 Å². The van der Waals surface area contributed by atoms with Gasteiger partial charge in [-0.25, -0.2) is 9.37 Å². The van der Waals surface area contributed by atoms with Gasteiger partial charge in [-0.15, -0.1) is 0 Å². The summed E-state index contributed by atoms with van der Waals surface area (Å²) in [6, 6.07) is 10.1. The number of hydrogen-bond donors (Lipinski definition) is 1. The lowest BCUT2D eigenvalue weighted by molar-refractivity contribution is -0.123. The highest BCUT2D eigenvalue weighted by Crippen LogP contribution is 2.27. The number of carbonyl (C=O) groups excluding carboxylic acids is 1. The molecule has 3 aromatic rings. The monoisotopic (exact) mass is 407 g/mol. The average molecular weight is 408 g/mol. The Kier molecular flexibility index (Phi) is 5.98. The molecule has 3 rings (SSSR count). The van der Waals surface area contributed by atoms with Crippen molar-refractivity contribution in [3.8, 4) is 5.75 Å². The molecule has 0 saturated carbocycles. The van der Waals surface area contributed by atoms with Crippen molar-refractivity contribution in [2.75, 3.05) is 6.61 Å². The highest BCUT2D eigenvalue weighted by molar-refractivity contribution is 6.34. The highest BCUT2D eigenvalue weighted by atomic mass is 35.5. The van der Waals surface area contributed by atoms with Gasteiger partial charge in [0.15, 0.2) is 6.61 Å². The first-order valence-electron chi connectivity index (χ1n) is 8.04. The number of aromatic nitrogens is 2. The SMILES string of the molecule is Cn1ccnc1[C@H](NC(=O)COc1cc(Cl)ccc1Cl)c1cccc(F)c1. The van der Waals surface area contributed by atoms with E-state index in [-0.39, 0.29) is 6.61 Å². The van der Waals surface area contributed by atoms with Gasteiger partial charge in [-0.05, 0) is 29.8 Å². The number of rotatable bonds is 6. The molecule has 1 amide bonds. The first kappa shape index (κ1) is 19.2. The molecule has 0 spiro atoms. The number of ether oxygens (including phenoxy) is 1. The van der Waals surface area contributed by atoms with Gasteiger partial charge in [-0.3, -0.25) is 4.79 Å². The van der Waals surface area contributed by atoms with E-state index < -0.39 is 17.8 Å². The largest absolute Gasteiger partial charge is 0.482 e. The normalized spacial score (nSPS) is 11.9. The van der Waals surface area contributed by atoms with Crippen LogP contribution in [-0.2, 0) is 11.8 Å². The Bertz CT molecular complexity index is 962. The number of hydrogen-bond acceptors (Lipinski definition) is 3. The number of nitrogens with one attached hydrogen (secondary N) is 1. The van der Waals surface area contributed by atoms with Crippen molar-refractivity contribution in [3.05, 3.63) is 82.1 Å². The third-order valence-corrected chi connectivity index (χ3v) is 4.40. The van der Waals surface area contributed by atoms with Gasteiger partial charge in [0, 0.05) is 30.5 Å². The molecule has 0 radical (unpaired) electrons. The molecular formula is C19H16Cl2FN3O2. The lowest BCUT2D eigenvalue weighted by atomic mass is 10.1. The number of amides is 1. The summed E-state index contributed by atoms with van der Waals surface area (Å²) in [7, 11) is 1.79. The topological polar surface area (TPSA) is 56.2 Å². The molecule has 8 heteroatoms. The van der Waals surface area contributed by atoms with E-state index in [1.54, 1.807) is 48.3 Å². The van der Waals surface area contributed by atoms with Crippen LogP contribution in [0.3, 0.4) is 0 Å².